The van der Waals surface area contributed by atoms with Crippen molar-refractivity contribution >= 4 is 11.7 Å². The molecular weight excluding hydrogens is 337 g/mol. The van der Waals surface area contributed by atoms with Crippen molar-refractivity contribution in [3.8, 4) is 0 Å². The highest BCUT2D eigenvalue weighted by Gasteiger charge is 2.34. The standard InChI is InChI=1S/C20H24FNO4/c1-20(2)11-16(23)10-18(26-20)19(24)22(13-17-4-3-9-25-17)12-14-5-7-15(21)8-6-14/h5-8,10,17H,3-4,9,11-13H2,1-2H3/t17-/m1/s1. The van der Waals surface area contributed by atoms with Crippen LogP contribution in [0.25, 0.3) is 0 Å². The van der Waals surface area contributed by atoms with Gasteiger partial charge in [0, 0.05) is 32.2 Å². The van der Waals surface area contributed by atoms with E-state index >= 15 is 0 Å². The van der Waals surface area contributed by atoms with Gasteiger partial charge in [0.15, 0.2) is 11.5 Å². The molecule has 0 bridgehead atoms. The Morgan fingerprint density at radius 2 is 2.04 bits per heavy atom. The van der Waals surface area contributed by atoms with Crippen molar-refractivity contribution in [1.82, 2.24) is 4.90 Å². The average molecular weight is 361 g/mol. The number of benzene rings is 1. The highest BCUT2D eigenvalue weighted by atomic mass is 19.1. The zero-order chi connectivity index (χ0) is 18.7. The smallest absolute Gasteiger partial charge is 0.289 e. The van der Waals surface area contributed by atoms with Crippen molar-refractivity contribution in [3.05, 3.63) is 47.5 Å². The third-order valence-electron chi connectivity index (χ3n) is 4.51. The van der Waals surface area contributed by atoms with Crippen LogP contribution >= 0.6 is 0 Å². The monoisotopic (exact) mass is 361 g/mol. The van der Waals surface area contributed by atoms with E-state index in [4.69, 9.17) is 9.47 Å². The van der Waals surface area contributed by atoms with Crippen molar-refractivity contribution in [1.29, 1.82) is 0 Å². The van der Waals surface area contributed by atoms with Gasteiger partial charge in [-0.15, -0.1) is 0 Å². The third kappa shape index (κ3) is 4.69. The molecule has 140 valence electrons. The Kier molecular flexibility index (Phi) is 5.41. The van der Waals surface area contributed by atoms with Crippen molar-refractivity contribution in [2.45, 2.75) is 51.4 Å². The van der Waals surface area contributed by atoms with Crippen LogP contribution in [0, 0.1) is 5.82 Å². The van der Waals surface area contributed by atoms with Gasteiger partial charge in [-0.2, -0.15) is 0 Å². The van der Waals surface area contributed by atoms with E-state index in [1.165, 1.54) is 18.2 Å². The summed E-state index contributed by atoms with van der Waals surface area (Å²) in [4.78, 5) is 26.6. The molecule has 0 aliphatic carbocycles. The highest BCUT2D eigenvalue weighted by Crippen LogP contribution is 2.27. The largest absolute Gasteiger partial charge is 0.481 e. The summed E-state index contributed by atoms with van der Waals surface area (Å²) < 4.78 is 24.6. The molecule has 3 rings (SSSR count). The van der Waals surface area contributed by atoms with Crippen LogP contribution in [0.4, 0.5) is 4.39 Å². The Morgan fingerprint density at radius 1 is 1.31 bits per heavy atom. The first-order valence-corrected chi connectivity index (χ1v) is 8.91. The lowest BCUT2D eigenvalue weighted by molar-refractivity contribution is -0.139. The summed E-state index contributed by atoms with van der Waals surface area (Å²) in [5.41, 5.74) is 0.0992. The van der Waals surface area contributed by atoms with Gasteiger partial charge in [-0.3, -0.25) is 9.59 Å². The molecule has 1 fully saturated rings. The van der Waals surface area contributed by atoms with E-state index < -0.39 is 5.60 Å². The molecule has 2 aliphatic rings. The fraction of sp³-hybridized carbons (Fsp3) is 0.500. The minimum absolute atomic E-state index is 0.0349. The van der Waals surface area contributed by atoms with Gasteiger partial charge in [0.1, 0.15) is 11.4 Å². The summed E-state index contributed by atoms with van der Waals surface area (Å²) in [6.07, 6.45) is 3.34. The maximum Gasteiger partial charge on any atom is 0.289 e. The number of nitrogens with zero attached hydrogens (tertiary/aromatic N) is 1. The Balaban J connectivity index is 1.80. The number of carbonyl (C=O) groups excluding carboxylic acids is 2. The molecule has 5 nitrogen and oxygen atoms in total. The molecule has 1 aromatic carbocycles. The lowest BCUT2D eigenvalue weighted by Gasteiger charge is -2.33. The van der Waals surface area contributed by atoms with Gasteiger partial charge in [-0.1, -0.05) is 12.1 Å². The van der Waals surface area contributed by atoms with E-state index in [0.29, 0.717) is 19.7 Å². The minimum atomic E-state index is -0.706. The quantitative estimate of drug-likeness (QED) is 0.809. The van der Waals surface area contributed by atoms with Crippen LogP contribution in [0.5, 0.6) is 0 Å². The maximum absolute atomic E-state index is 13.2. The van der Waals surface area contributed by atoms with Crippen LogP contribution in [0.2, 0.25) is 0 Å². The van der Waals surface area contributed by atoms with Gasteiger partial charge < -0.3 is 14.4 Å². The second-order valence-corrected chi connectivity index (χ2v) is 7.46. The summed E-state index contributed by atoms with van der Waals surface area (Å²) in [6, 6.07) is 6.03. The van der Waals surface area contributed by atoms with Crippen LogP contribution < -0.4 is 0 Å². The fourth-order valence-corrected chi connectivity index (χ4v) is 3.30. The van der Waals surface area contributed by atoms with Crippen molar-refractivity contribution in [2.75, 3.05) is 13.2 Å². The van der Waals surface area contributed by atoms with Gasteiger partial charge in [-0.25, -0.2) is 4.39 Å². The maximum atomic E-state index is 13.2. The molecule has 1 saturated heterocycles. The summed E-state index contributed by atoms with van der Waals surface area (Å²) >= 11 is 0. The van der Waals surface area contributed by atoms with Gasteiger partial charge in [0.2, 0.25) is 0 Å². The summed E-state index contributed by atoms with van der Waals surface area (Å²) in [7, 11) is 0. The first-order chi connectivity index (χ1) is 12.3. The zero-order valence-electron chi connectivity index (χ0n) is 15.2. The van der Waals surface area contributed by atoms with Crippen LogP contribution in [0.3, 0.4) is 0 Å². The number of rotatable bonds is 5. The molecule has 26 heavy (non-hydrogen) atoms. The predicted octanol–water partition coefficient (Wildman–Crippen LogP) is 2.99. The molecule has 1 amide bonds. The fourth-order valence-electron chi connectivity index (χ4n) is 3.30. The molecular formula is C20H24FNO4. The van der Waals surface area contributed by atoms with Crippen LogP contribution in [-0.2, 0) is 25.6 Å². The number of carbonyl (C=O) groups is 2. The molecule has 2 aliphatic heterocycles. The summed E-state index contributed by atoms with van der Waals surface area (Å²) in [5.74, 6) is -0.725. The van der Waals surface area contributed by atoms with Crippen LogP contribution in [0.1, 0.15) is 38.7 Å². The lowest BCUT2D eigenvalue weighted by atomic mass is 9.98. The SMILES string of the molecule is CC1(C)CC(=O)C=C(C(=O)N(Cc2ccc(F)cc2)C[C@H]2CCCO2)O1. The van der Waals surface area contributed by atoms with Gasteiger partial charge in [0.25, 0.3) is 5.91 Å². The van der Waals surface area contributed by atoms with Gasteiger partial charge in [0.05, 0.1) is 6.10 Å². The Hall–Kier alpha value is -2.21. The van der Waals surface area contributed by atoms with Crippen LogP contribution in [-0.4, -0.2) is 41.4 Å². The predicted molar refractivity (Wildman–Crippen MR) is 93.7 cm³/mol. The number of amides is 1. The molecule has 1 aromatic rings. The van der Waals surface area contributed by atoms with Gasteiger partial charge >= 0.3 is 0 Å². The van der Waals surface area contributed by atoms with Gasteiger partial charge in [-0.05, 0) is 44.4 Å². The van der Waals surface area contributed by atoms with E-state index in [2.05, 4.69) is 0 Å². The normalized spacial score (nSPS) is 21.9. The summed E-state index contributed by atoms with van der Waals surface area (Å²) in [5, 5.41) is 0. The molecule has 2 heterocycles. The number of hydrogen-bond acceptors (Lipinski definition) is 4. The average Bonchev–Trinajstić information content (AvgIpc) is 3.07. The second kappa shape index (κ2) is 7.58. The lowest BCUT2D eigenvalue weighted by Crippen LogP contribution is -2.42. The van der Waals surface area contributed by atoms with E-state index in [0.717, 1.165) is 18.4 Å². The first kappa shape index (κ1) is 18.6. The molecule has 0 saturated carbocycles. The number of hydrogen-bond donors (Lipinski definition) is 0. The third-order valence-corrected chi connectivity index (χ3v) is 4.51. The second-order valence-electron chi connectivity index (χ2n) is 7.46. The van der Waals surface area contributed by atoms with Crippen molar-refractivity contribution < 1.29 is 23.5 Å². The van der Waals surface area contributed by atoms with E-state index in [1.54, 1.807) is 30.9 Å². The molecule has 6 heteroatoms. The Bertz CT molecular complexity index is 705. The highest BCUT2D eigenvalue weighted by molar-refractivity contribution is 6.01. The van der Waals surface area contributed by atoms with Crippen molar-refractivity contribution in [2.24, 2.45) is 0 Å². The van der Waals surface area contributed by atoms with E-state index in [-0.39, 0.29) is 35.8 Å². The molecule has 0 aromatic heterocycles. The number of ether oxygens (including phenoxy) is 2. The Morgan fingerprint density at radius 3 is 2.65 bits per heavy atom. The van der Waals surface area contributed by atoms with Crippen LogP contribution in [0.15, 0.2) is 36.1 Å². The molecule has 0 N–H and O–H groups in total. The molecule has 0 spiro atoms. The Labute approximate surface area is 152 Å². The van der Waals surface area contributed by atoms with Crippen molar-refractivity contribution in [3.63, 3.8) is 0 Å². The topological polar surface area (TPSA) is 55.8 Å². The molecule has 1 atom stereocenters. The van der Waals surface area contributed by atoms with E-state index in [9.17, 15) is 14.0 Å². The number of allylic oxidation sites excluding steroid dienone is 1. The minimum Gasteiger partial charge on any atom is -0.481 e. The number of ketones is 1. The molecule has 0 unspecified atom stereocenters. The first-order valence-electron chi connectivity index (χ1n) is 8.91. The number of halogens is 1. The molecule has 0 radical (unpaired) electrons. The summed E-state index contributed by atoms with van der Waals surface area (Å²) in [6.45, 7) is 4.97. The van der Waals surface area contributed by atoms with E-state index in [1.807, 2.05) is 0 Å². The zero-order valence-corrected chi connectivity index (χ0v) is 15.2.